The SMILES string of the molecule is Cc1ccc(F)c(-c2cccc(N)c2)c1.Cl. The lowest BCUT2D eigenvalue weighted by atomic mass is 10.0. The Morgan fingerprint density at radius 2 is 1.81 bits per heavy atom. The van der Waals surface area contributed by atoms with Crippen LogP contribution < -0.4 is 5.73 Å². The van der Waals surface area contributed by atoms with E-state index in [1.165, 1.54) is 6.07 Å². The zero-order valence-electron chi connectivity index (χ0n) is 8.91. The number of hydrogen-bond acceptors (Lipinski definition) is 1. The van der Waals surface area contributed by atoms with Crippen molar-refractivity contribution in [2.45, 2.75) is 6.92 Å². The van der Waals surface area contributed by atoms with E-state index in [1.807, 2.05) is 25.1 Å². The highest BCUT2D eigenvalue weighted by atomic mass is 35.5. The van der Waals surface area contributed by atoms with Crippen molar-refractivity contribution in [3.05, 3.63) is 53.8 Å². The number of hydrogen-bond donors (Lipinski definition) is 1. The molecule has 1 nitrogen and oxygen atoms in total. The normalized spacial score (nSPS) is 9.62. The summed E-state index contributed by atoms with van der Waals surface area (Å²) in [6, 6.07) is 12.3. The van der Waals surface area contributed by atoms with Crippen LogP contribution in [0.1, 0.15) is 5.56 Å². The first-order valence-electron chi connectivity index (χ1n) is 4.79. The van der Waals surface area contributed by atoms with Gasteiger partial charge in [-0.1, -0.05) is 23.8 Å². The number of anilines is 1. The third kappa shape index (κ3) is 2.52. The lowest BCUT2D eigenvalue weighted by molar-refractivity contribution is 0.631. The summed E-state index contributed by atoms with van der Waals surface area (Å²) >= 11 is 0. The highest BCUT2D eigenvalue weighted by Crippen LogP contribution is 2.25. The van der Waals surface area contributed by atoms with Gasteiger partial charge >= 0.3 is 0 Å². The first-order chi connectivity index (χ1) is 7.16. The summed E-state index contributed by atoms with van der Waals surface area (Å²) in [6.45, 7) is 1.94. The van der Waals surface area contributed by atoms with Crippen molar-refractivity contribution in [3.8, 4) is 11.1 Å². The third-order valence-electron chi connectivity index (χ3n) is 2.32. The molecule has 0 heterocycles. The Kier molecular flexibility index (Phi) is 3.91. The van der Waals surface area contributed by atoms with E-state index in [-0.39, 0.29) is 18.2 Å². The maximum atomic E-state index is 13.5. The van der Waals surface area contributed by atoms with Crippen molar-refractivity contribution in [2.75, 3.05) is 5.73 Å². The lowest BCUT2D eigenvalue weighted by Gasteiger charge is -2.05. The lowest BCUT2D eigenvalue weighted by Crippen LogP contribution is -1.88. The second-order valence-corrected chi connectivity index (χ2v) is 3.61. The zero-order valence-corrected chi connectivity index (χ0v) is 9.72. The van der Waals surface area contributed by atoms with Crippen LogP contribution in [-0.2, 0) is 0 Å². The first kappa shape index (κ1) is 12.5. The number of benzene rings is 2. The molecule has 0 saturated carbocycles. The molecule has 0 fully saturated rings. The Bertz CT molecular complexity index is 497. The zero-order chi connectivity index (χ0) is 10.8. The molecule has 0 unspecified atom stereocenters. The van der Waals surface area contributed by atoms with Crippen LogP contribution in [0.4, 0.5) is 10.1 Å². The van der Waals surface area contributed by atoms with Gasteiger partial charge in [0.25, 0.3) is 0 Å². The fourth-order valence-corrected chi connectivity index (χ4v) is 1.57. The van der Waals surface area contributed by atoms with Crippen LogP contribution >= 0.6 is 12.4 Å². The van der Waals surface area contributed by atoms with Gasteiger partial charge in [-0.3, -0.25) is 0 Å². The van der Waals surface area contributed by atoms with Crippen molar-refractivity contribution in [1.29, 1.82) is 0 Å². The van der Waals surface area contributed by atoms with E-state index in [9.17, 15) is 4.39 Å². The van der Waals surface area contributed by atoms with Gasteiger partial charge in [-0.15, -0.1) is 12.4 Å². The van der Waals surface area contributed by atoms with Gasteiger partial charge < -0.3 is 5.73 Å². The summed E-state index contributed by atoms with van der Waals surface area (Å²) in [5.41, 5.74) is 8.76. The van der Waals surface area contributed by atoms with E-state index in [4.69, 9.17) is 5.73 Å². The van der Waals surface area contributed by atoms with Gasteiger partial charge in [0.15, 0.2) is 0 Å². The average Bonchev–Trinajstić information content (AvgIpc) is 2.22. The van der Waals surface area contributed by atoms with Gasteiger partial charge in [0.2, 0.25) is 0 Å². The third-order valence-corrected chi connectivity index (χ3v) is 2.32. The number of nitrogens with two attached hydrogens (primary N) is 1. The second-order valence-electron chi connectivity index (χ2n) is 3.61. The van der Waals surface area contributed by atoms with Gasteiger partial charge in [0.05, 0.1) is 0 Å². The molecule has 0 aliphatic heterocycles. The molecule has 0 amide bonds. The second kappa shape index (κ2) is 4.99. The molecule has 84 valence electrons. The van der Waals surface area contributed by atoms with E-state index in [0.29, 0.717) is 11.3 Å². The van der Waals surface area contributed by atoms with Crippen LogP contribution in [0.25, 0.3) is 11.1 Å². The molecule has 0 aliphatic carbocycles. The summed E-state index contributed by atoms with van der Waals surface area (Å²) < 4.78 is 13.5. The summed E-state index contributed by atoms with van der Waals surface area (Å²) in [4.78, 5) is 0. The van der Waals surface area contributed by atoms with E-state index in [0.717, 1.165) is 11.1 Å². The van der Waals surface area contributed by atoms with Crippen LogP contribution in [0.15, 0.2) is 42.5 Å². The standard InChI is InChI=1S/C13H12FN.ClH/c1-9-5-6-13(14)12(7-9)10-3-2-4-11(15)8-10;/h2-8H,15H2,1H3;1H. The van der Waals surface area contributed by atoms with Crippen molar-refractivity contribution in [2.24, 2.45) is 0 Å². The van der Waals surface area contributed by atoms with Gasteiger partial charge in [-0.25, -0.2) is 4.39 Å². The van der Waals surface area contributed by atoms with E-state index in [2.05, 4.69) is 0 Å². The predicted octanol–water partition coefficient (Wildman–Crippen LogP) is 3.81. The molecule has 2 N–H and O–H groups in total. The van der Waals surface area contributed by atoms with Crippen LogP contribution in [0.5, 0.6) is 0 Å². The van der Waals surface area contributed by atoms with Gasteiger partial charge in [0.1, 0.15) is 5.82 Å². The summed E-state index contributed by atoms with van der Waals surface area (Å²) in [5, 5.41) is 0. The molecule has 2 aromatic rings. The number of nitrogen functional groups attached to an aromatic ring is 1. The number of halogens is 2. The molecule has 0 spiro atoms. The van der Waals surface area contributed by atoms with Crippen LogP contribution in [-0.4, -0.2) is 0 Å². The maximum Gasteiger partial charge on any atom is 0.131 e. The van der Waals surface area contributed by atoms with E-state index >= 15 is 0 Å². The van der Waals surface area contributed by atoms with Crippen LogP contribution in [0.2, 0.25) is 0 Å². The van der Waals surface area contributed by atoms with Crippen LogP contribution in [0.3, 0.4) is 0 Å². The minimum absolute atomic E-state index is 0. The molecule has 3 heteroatoms. The summed E-state index contributed by atoms with van der Waals surface area (Å²) in [7, 11) is 0. The fraction of sp³-hybridized carbons (Fsp3) is 0.0769. The Morgan fingerprint density at radius 3 is 2.50 bits per heavy atom. The molecular formula is C13H13ClFN. The largest absolute Gasteiger partial charge is 0.399 e. The average molecular weight is 238 g/mol. The topological polar surface area (TPSA) is 26.0 Å². The fourth-order valence-electron chi connectivity index (χ4n) is 1.57. The van der Waals surface area contributed by atoms with E-state index in [1.54, 1.807) is 18.2 Å². The maximum absolute atomic E-state index is 13.5. The molecular weight excluding hydrogens is 225 g/mol. The van der Waals surface area contributed by atoms with E-state index < -0.39 is 0 Å². The molecule has 0 bridgehead atoms. The Balaban J connectivity index is 0.00000128. The highest BCUT2D eigenvalue weighted by molar-refractivity contribution is 5.85. The quantitative estimate of drug-likeness (QED) is 0.750. The molecule has 0 atom stereocenters. The minimum atomic E-state index is -0.216. The molecule has 0 aromatic heterocycles. The Labute approximate surface area is 101 Å². The molecule has 2 rings (SSSR count). The molecule has 0 aliphatic rings. The minimum Gasteiger partial charge on any atom is -0.399 e. The number of rotatable bonds is 1. The number of aryl methyl sites for hydroxylation is 1. The summed E-state index contributed by atoms with van der Waals surface area (Å²) in [5.74, 6) is -0.216. The van der Waals surface area contributed by atoms with Gasteiger partial charge in [0, 0.05) is 11.3 Å². The summed E-state index contributed by atoms with van der Waals surface area (Å²) in [6.07, 6.45) is 0. The van der Waals surface area contributed by atoms with Gasteiger partial charge in [-0.05, 0) is 36.8 Å². The van der Waals surface area contributed by atoms with Crippen LogP contribution in [0, 0.1) is 12.7 Å². The van der Waals surface area contributed by atoms with Gasteiger partial charge in [-0.2, -0.15) is 0 Å². The predicted molar refractivity (Wildman–Crippen MR) is 68.2 cm³/mol. The molecule has 0 saturated heterocycles. The van der Waals surface area contributed by atoms with Crippen molar-refractivity contribution in [1.82, 2.24) is 0 Å². The first-order valence-corrected chi connectivity index (χ1v) is 4.79. The Morgan fingerprint density at radius 1 is 1.06 bits per heavy atom. The smallest absolute Gasteiger partial charge is 0.131 e. The highest BCUT2D eigenvalue weighted by Gasteiger charge is 2.04. The molecule has 2 aromatic carbocycles. The Hall–Kier alpha value is -1.54. The van der Waals surface area contributed by atoms with Crippen molar-refractivity contribution < 1.29 is 4.39 Å². The molecule has 16 heavy (non-hydrogen) atoms. The molecule has 0 radical (unpaired) electrons. The van der Waals surface area contributed by atoms with Crippen molar-refractivity contribution in [3.63, 3.8) is 0 Å². The van der Waals surface area contributed by atoms with Crippen molar-refractivity contribution >= 4 is 18.1 Å². The monoisotopic (exact) mass is 237 g/mol.